The van der Waals surface area contributed by atoms with Gasteiger partial charge < -0.3 is 15.1 Å². The lowest BCUT2D eigenvalue weighted by atomic mass is 10.2. The summed E-state index contributed by atoms with van der Waals surface area (Å²) >= 11 is 0. The summed E-state index contributed by atoms with van der Waals surface area (Å²) in [5.74, 6) is -2.61. The van der Waals surface area contributed by atoms with Crippen molar-refractivity contribution in [3.8, 4) is 0 Å². The maximum absolute atomic E-state index is 11.5. The summed E-state index contributed by atoms with van der Waals surface area (Å²) in [6, 6.07) is 0. The summed E-state index contributed by atoms with van der Waals surface area (Å²) in [4.78, 5) is 30.4. The molecule has 3 N–H and O–H groups in total. The Labute approximate surface area is 98.9 Å². The van der Waals surface area contributed by atoms with Crippen molar-refractivity contribution in [3.05, 3.63) is 0 Å². The lowest BCUT2D eigenvalue weighted by Crippen LogP contribution is -2.24. The van der Waals surface area contributed by atoms with Crippen LogP contribution in [0.25, 0.3) is 0 Å². The molecule has 7 nitrogen and oxygen atoms in total. The molecule has 0 rings (SSSR count). The van der Waals surface area contributed by atoms with Crippen molar-refractivity contribution in [2.45, 2.75) is 38.7 Å². The van der Waals surface area contributed by atoms with Gasteiger partial charge in [-0.25, -0.2) is 4.79 Å². The van der Waals surface area contributed by atoms with Crippen LogP contribution in [0.1, 0.15) is 32.6 Å². The van der Waals surface area contributed by atoms with Crippen LogP contribution in [-0.4, -0.2) is 39.3 Å². The minimum atomic E-state index is -3.95. The van der Waals surface area contributed by atoms with E-state index in [0.29, 0.717) is 12.8 Å². The molecule has 0 bridgehead atoms. The number of carboxylic acids is 2. The quantitative estimate of drug-likeness (QED) is 0.539. The third kappa shape index (κ3) is 7.90. The number of hydrogen-bond acceptors (Lipinski definition) is 4. The largest absolute Gasteiger partial charge is 0.481 e. The zero-order valence-corrected chi connectivity index (χ0v) is 10.4. The van der Waals surface area contributed by atoms with Crippen LogP contribution in [0.3, 0.4) is 0 Å². The lowest BCUT2D eigenvalue weighted by molar-refractivity contribution is -0.146. The number of aliphatic carboxylic acids is 2. The molecule has 0 spiro atoms. The molecule has 0 aromatic carbocycles. The zero-order valence-electron chi connectivity index (χ0n) is 9.53. The van der Waals surface area contributed by atoms with Crippen LogP contribution in [0.15, 0.2) is 0 Å². The van der Waals surface area contributed by atoms with E-state index >= 15 is 0 Å². The topological polar surface area (TPSA) is 121 Å². The Morgan fingerprint density at radius 3 is 2.35 bits per heavy atom. The molecule has 0 saturated heterocycles. The molecule has 0 saturated carbocycles. The highest BCUT2D eigenvalue weighted by Crippen LogP contribution is 2.44. The van der Waals surface area contributed by atoms with Gasteiger partial charge in [0.15, 0.2) is 6.10 Å². The molecule has 100 valence electrons. The highest BCUT2D eigenvalue weighted by molar-refractivity contribution is 7.52. The fourth-order valence-corrected chi connectivity index (χ4v) is 2.50. The monoisotopic (exact) mass is 268 g/mol. The molecule has 17 heavy (non-hydrogen) atoms. The first-order valence-corrected chi connectivity index (χ1v) is 6.99. The normalized spacial score (nSPS) is 16.1. The van der Waals surface area contributed by atoms with Crippen molar-refractivity contribution in [2.24, 2.45) is 0 Å². The SMILES string of the molecule is CCCCP(=O)(O)OC(CCC(=O)O)C(=O)O. The second-order valence-corrected chi connectivity index (χ2v) is 5.51. The first-order chi connectivity index (χ1) is 7.78. The van der Waals surface area contributed by atoms with Gasteiger partial charge in [0.05, 0.1) is 6.16 Å². The van der Waals surface area contributed by atoms with Gasteiger partial charge in [0.1, 0.15) is 0 Å². The fraction of sp³-hybridized carbons (Fsp3) is 0.778. The Kier molecular flexibility index (Phi) is 7.03. The van der Waals surface area contributed by atoms with Crippen molar-refractivity contribution in [3.63, 3.8) is 0 Å². The van der Waals surface area contributed by atoms with Crippen LogP contribution in [0, 0.1) is 0 Å². The molecule has 0 amide bonds. The molecule has 0 aliphatic rings. The highest BCUT2D eigenvalue weighted by atomic mass is 31.2. The molecule has 0 aliphatic heterocycles. The number of carboxylic acid groups (broad SMARTS) is 2. The predicted octanol–water partition coefficient (Wildman–Crippen LogP) is 1.31. The van der Waals surface area contributed by atoms with Gasteiger partial charge in [-0.15, -0.1) is 0 Å². The number of rotatable bonds is 9. The molecule has 8 heteroatoms. The van der Waals surface area contributed by atoms with Gasteiger partial charge in [-0.05, 0) is 12.8 Å². The van der Waals surface area contributed by atoms with Gasteiger partial charge in [0.2, 0.25) is 0 Å². The Balaban J connectivity index is 4.37. The van der Waals surface area contributed by atoms with E-state index in [4.69, 9.17) is 10.2 Å². The average molecular weight is 268 g/mol. The Morgan fingerprint density at radius 1 is 1.35 bits per heavy atom. The molecule has 0 aliphatic carbocycles. The van der Waals surface area contributed by atoms with Gasteiger partial charge >= 0.3 is 19.5 Å². The molecule has 0 radical (unpaired) electrons. The van der Waals surface area contributed by atoms with Crippen LogP contribution < -0.4 is 0 Å². The molecule has 0 heterocycles. The maximum atomic E-state index is 11.5. The summed E-state index contributed by atoms with van der Waals surface area (Å²) in [5, 5.41) is 17.1. The molecule has 0 fully saturated rings. The fourth-order valence-electron chi connectivity index (χ4n) is 1.09. The second-order valence-electron chi connectivity index (χ2n) is 3.58. The number of unbranched alkanes of at least 4 members (excludes halogenated alkanes) is 1. The average Bonchev–Trinajstić information content (AvgIpc) is 2.20. The highest BCUT2D eigenvalue weighted by Gasteiger charge is 2.29. The summed E-state index contributed by atoms with van der Waals surface area (Å²) in [6.07, 6.45) is -1.31. The van der Waals surface area contributed by atoms with Crippen LogP contribution in [0.5, 0.6) is 0 Å². The van der Waals surface area contributed by atoms with E-state index in [1.807, 2.05) is 6.92 Å². The van der Waals surface area contributed by atoms with Crippen LogP contribution in [-0.2, 0) is 18.7 Å². The zero-order chi connectivity index (χ0) is 13.5. The third-order valence-electron chi connectivity index (χ3n) is 1.98. The molecule has 0 aromatic rings. The van der Waals surface area contributed by atoms with E-state index in [9.17, 15) is 19.0 Å². The van der Waals surface area contributed by atoms with Crippen molar-refractivity contribution in [1.82, 2.24) is 0 Å². The van der Waals surface area contributed by atoms with Gasteiger partial charge in [-0.2, -0.15) is 0 Å². The molecular weight excluding hydrogens is 251 g/mol. The van der Waals surface area contributed by atoms with Gasteiger partial charge in [0.25, 0.3) is 0 Å². The number of carbonyl (C=O) groups is 2. The number of hydrogen-bond donors (Lipinski definition) is 3. The van der Waals surface area contributed by atoms with E-state index in [1.54, 1.807) is 0 Å². The minimum Gasteiger partial charge on any atom is -0.481 e. The van der Waals surface area contributed by atoms with Gasteiger partial charge in [0, 0.05) is 6.42 Å². The summed E-state index contributed by atoms with van der Waals surface area (Å²) in [7, 11) is -3.95. The first-order valence-electron chi connectivity index (χ1n) is 5.23. The van der Waals surface area contributed by atoms with Crippen LogP contribution >= 0.6 is 7.60 Å². The molecular formula is C9H17O7P. The van der Waals surface area contributed by atoms with Crippen LogP contribution in [0.2, 0.25) is 0 Å². The van der Waals surface area contributed by atoms with Crippen molar-refractivity contribution >= 4 is 19.5 Å². The van der Waals surface area contributed by atoms with E-state index < -0.39 is 32.1 Å². The smallest absolute Gasteiger partial charge is 0.333 e. The van der Waals surface area contributed by atoms with Gasteiger partial charge in [-0.1, -0.05) is 13.3 Å². The Morgan fingerprint density at radius 2 is 1.94 bits per heavy atom. The lowest BCUT2D eigenvalue weighted by Gasteiger charge is -2.17. The van der Waals surface area contributed by atoms with Crippen molar-refractivity contribution in [2.75, 3.05) is 6.16 Å². The molecule has 2 unspecified atom stereocenters. The van der Waals surface area contributed by atoms with E-state index in [0.717, 1.165) is 0 Å². The second kappa shape index (κ2) is 7.42. The first kappa shape index (κ1) is 16.1. The van der Waals surface area contributed by atoms with E-state index in [2.05, 4.69) is 4.52 Å². The van der Waals surface area contributed by atoms with E-state index in [1.165, 1.54) is 0 Å². The summed E-state index contributed by atoms with van der Waals surface area (Å²) in [6.45, 7) is 1.82. The molecule has 2 atom stereocenters. The standard InChI is InChI=1S/C9H17O7P/c1-2-3-6-17(14,15)16-7(9(12)13)4-5-8(10)11/h7H,2-6H2,1H3,(H,10,11)(H,12,13)(H,14,15). The summed E-state index contributed by atoms with van der Waals surface area (Å²) in [5.41, 5.74) is 0. The van der Waals surface area contributed by atoms with Crippen molar-refractivity contribution in [1.29, 1.82) is 0 Å². The predicted molar refractivity (Wildman–Crippen MR) is 59.0 cm³/mol. The van der Waals surface area contributed by atoms with Crippen molar-refractivity contribution < 1.29 is 33.8 Å². The van der Waals surface area contributed by atoms with Crippen LogP contribution in [0.4, 0.5) is 0 Å². The minimum absolute atomic E-state index is 0.125. The maximum Gasteiger partial charge on any atom is 0.333 e. The van der Waals surface area contributed by atoms with Gasteiger partial charge in [-0.3, -0.25) is 13.9 Å². The molecule has 0 aromatic heterocycles. The Hall–Kier alpha value is -0.910. The third-order valence-corrected chi connectivity index (χ3v) is 3.45. The van der Waals surface area contributed by atoms with E-state index in [-0.39, 0.29) is 12.6 Å². The Bertz CT molecular complexity index is 314. The summed E-state index contributed by atoms with van der Waals surface area (Å²) < 4.78 is 16.1.